The Balaban J connectivity index is 2.47. The summed E-state index contributed by atoms with van der Waals surface area (Å²) in [6.45, 7) is 6.44. The Morgan fingerprint density at radius 2 is 1.79 bits per heavy atom. The minimum absolute atomic E-state index is 0.0247. The third-order valence-corrected chi connectivity index (χ3v) is 2.31. The lowest BCUT2D eigenvalue weighted by Gasteiger charge is -2.24. The van der Waals surface area contributed by atoms with Gasteiger partial charge in [-0.05, 0) is 11.8 Å². The van der Waals surface area contributed by atoms with Gasteiger partial charge in [-0.15, -0.1) is 5.06 Å². The third kappa shape index (κ3) is 2.42. The van der Waals surface area contributed by atoms with Gasteiger partial charge in [0.1, 0.15) is 0 Å². The van der Waals surface area contributed by atoms with Gasteiger partial charge in [-0.3, -0.25) is 14.4 Å². The number of hydrogen-bond donors (Lipinski definition) is 0. The fourth-order valence-corrected chi connectivity index (χ4v) is 0.855. The van der Waals surface area contributed by atoms with Gasteiger partial charge in [-0.25, -0.2) is 0 Å². The molecule has 0 atom stereocenters. The fraction of sp³-hybridized carbons (Fsp3) is 0.600. The second-order valence-electron chi connectivity index (χ2n) is 4.10. The van der Waals surface area contributed by atoms with Gasteiger partial charge in [0.15, 0.2) is 0 Å². The van der Waals surface area contributed by atoms with Crippen molar-refractivity contribution in [3.8, 4) is 0 Å². The lowest BCUT2D eigenvalue weighted by molar-refractivity contribution is -0.193. The normalized spacial score (nSPS) is 16.9. The van der Waals surface area contributed by atoms with Crippen molar-refractivity contribution in [2.24, 2.45) is 5.41 Å². The first kappa shape index (κ1) is 10.9. The standard InChI is InChI=1S/C10H15NO3/c1-4-10(2,3)7-14-11-8(12)5-6-9(11)13/h5-6H,4,7H2,1-3H3. The van der Waals surface area contributed by atoms with Crippen LogP contribution in [0.15, 0.2) is 12.2 Å². The Bertz CT molecular complexity index is 263. The van der Waals surface area contributed by atoms with Crippen molar-refractivity contribution in [3.05, 3.63) is 12.2 Å². The van der Waals surface area contributed by atoms with Crippen LogP contribution in [-0.2, 0) is 14.4 Å². The second-order valence-corrected chi connectivity index (χ2v) is 4.10. The fourth-order valence-electron chi connectivity index (χ4n) is 0.855. The van der Waals surface area contributed by atoms with E-state index in [1.807, 2.05) is 20.8 Å². The number of hydrogen-bond acceptors (Lipinski definition) is 3. The van der Waals surface area contributed by atoms with Gasteiger partial charge >= 0.3 is 0 Å². The van der Waals surface area contributed by atoms with E-state index < -0.39 is 11.8 Å². The van der Waals surface area contributed by atoms with Gasteiger partial charge < -0.3 is 0 Å². The minimum atomic E-state index is -0.401. The largest absolute Gasteiger partial charge is 0.277 e. The van der Waals surface area contributed by atoms with Crippen LogP contribution in [0.4, 0.5) is 0 Å². The molecule has 0 aliphatic carbocycles. The van der Waals surface area contributed by atoms with E-state index in [1.54, 1.807) is 0 Å². The lowest BCUT2D eigenvalue weighted by Crippen LogP contribution is -2.34. The third-order valence-electron chi connectivity index (χ3n) is 2.31. The summed E-state index contributed by atoms with van der Waals surface area (Å²) in [5.74, 6) is -0.802. The highest BCUT2D eigenvalue weighted by Crippen LogP contribution is 2.21. The van der Waals surface area contributed by atoms with Crippen LogP contribution in [0.25, 0.3) is 0 Å². The van der Waals surface area contributed by atoms with E-state index in [4.69, 9.17) is 4.84 Å². The summed E-state index contributed by atoms with van der Waals surface area (Å²) in [7, 11) is 0. The van der Waals surface area contributed by atoms with Crippen LogP contribution in [0, 0.1) is 5.41 Å². The first-order chi connectivity index (χ1) is 6.46. The van der Waals surface area contributed by atoms with Crippen LogP contribution in [-0.4, -0.2) is 23.5 Å². The molecule has 2 amide bonds. The van der Waals surface area contributed by atoms with Crippen molar-refractivity contribution in [2.45, 2.75) is 27.2 Å². The van der Waals surface area contributed by atoms with Crippen LogP contribution in [0.1, 0.15) is 27.2 Å². The average molecular weight is 197 g/mol. The van der Waals surface area contributed by atoms with Crippen molar-refractivity contribution in [2.75, 3.05) is 6.61 Å². The molecule has 0 N–H and O–H groups in total. The van der Waals surface area contributed by atoms with E-state index in [-0.39, 0.29) is 5.41 Å². The molecular weight excluding hydrogens is 182 g/mol. The number of rotatable bonds is 4. The van der Waals surface area contributed by atoms with Crippen LogP contribution in [0.5, 0.6) is 0 Å². The highest BCUT2D eigenvalue weighted by atomic mass is 16.7. The quantitative estimate of drug-likeness (QED) is 0.638. The van der Waals surface area contributed by atoms with E-state index in [1.165, 1.54) is 12.2 Å². The molecule has 0 saturated heterocycles. The van der Waals surface area contributed by atoms with Gasteiger partial charge in [-0.1, -0.05) is 20.8 Å². The number of carbonyl (C=O) groups is 2. The lowest BCUT2D eigenvalue weighted by atomic mass is 9.92. The molecular formula is C10H15NO3. The molecule has 0 bridgehead atoms. The summed E-state index contributed by atoms with van der Waals surface area (Å²) < 4.78 is 0. The monoisotopic (exact) mass is 197 g/mol. The van der Waals surface area contributed by atoms with E-state index in [9.17, 15) is 9.59 Å². The average Bonchev–Trinajstić information content (AvgIpc) is 2.44. The Labute approximate surface area is 83.5 Å². The van der Waals surface area contributed by atoms with Gasteiger partial charge in [0, 0.05) is 12.2 Å². The van der Waals surface area contributed by atoms with Crippen LogP contribution in [0.2, 0.25) is 0 Å². The Morgan fingerprint density at radius 1 is 1.29 bits per heavy atom. The van der Waals surface area contributed by atoms with Crippen LogP contribution < -0.4 is 0 Å². The minimum Gasteiger partial charge on any atom is -0.267 e. The molecule has 0 spiro atoms. The molecule has 78 valence electrons. The van der Waals surface area contributed by atoms with Crippen LogP contribution >= 0.6 is 0 Å². The van der Waals surface area contributed by atoms with E-state index in [0.29, 0.717) is 6.61 Å². The van der Waals surface area contributed by atoms with Gasteiger partial charge in [0.05, 0.1) is 6.61 Å². The molecule has 1 aliphatic heterocycles. The summed E-state index contributed by atoms with van der Waals surface area (Å²) >= 11 is 0. The molecule has 1 aliphatic rings. The molecule has 4 heteroatoms. The predicted molar refractivity (Wildman–Crippen MR) is 51.0 cm³/mol. The summed E-state index contributed by atoms with van der Waals surface area (Å²) in [5, 5.41) is 0.803. The van der Waals surface area contributed by atoms with Gasteiger partial charge in [-0.2, -0.15) is 0 Å². The Morgan fingerprint density at radius 3 is 2.21 bits per heavy atom. The maximum Gasteiger partial charge on any atom is 0.277 e. The zero-order chi connectivity index (χ0) is 10.8. The molecule has 14 heavy (non-hydrogen) atoms. The number of carbonyl (C=O) groups excluding carboxylic acids is 2. The molecule has 0 aromatic rings. The summed E-state index contributed by atoms with van der Waals surface area (Å²) in [6.07, 6.45) is 3.35. The van der Waals surface area contributed by atoms with Crippen molar-refractivity contribution in [1.82, 2.24) is 5.06 Å². The smallest absolute Gasteiger partial charge is 0.267 e. The second kappa shape index (κ2) is 3.92. The molecule has 4 nitrogen and oxygen atoms in total. The predicted octanol–water partition coefficient (Wildman–Crippen LogP) is 1.28. The number of amides is 2. The Kier molecular flexibility index (Phi) is 3.06. The van der Waals surface area contributed by atoms with Crippen molar-refractivity contribution in [1.29, 1.82) is 0 Å². The molecule has 1 rings (SSSR count). The highest BCUT2D eigenvalue weighted by Gasteiger charge is 2.27. The SMILES string of the molecule is CCC(C)(C)CON1C(=O)C=CC1=O. The molecule has 0 fully saturated rings. The maximum absolute atomic E-state index is 11.1. The summed E-state index contributed by atoms with van der Waals surface area (Å²) in [5.41, 5.74) is -0.0247. The van der Waals surface area contributed by atoms with E-state index >= 15 is 0 Å². The first-order valence-corrected chi connectivity index (χ1v) is 4.65. The van der Waals surface area contributed by atoms with Crippen molar-refractivity contribution < 1.29 is 14.4 Å². The molecule has 0 unspecified atom stereocenters. The molecule has 0 saturated carbocycles. The van der Waals surface area contributed by atoms with Gasteiger partial charge in [0.25, 0.3) is 11.8 Å². The first-order valence-electron chi connectivity index (χ1n) is 4.65. The molecule has 1 heterocycles. The number of hydroxylamine groups is 2. The topological polar surface area (TPSA) is 46.6 Å². The highest BCUT2D eigenvalue weighted by molar-refractivity contribution is 6.11. The zero-order valence-corrected chi connectivity index (χ0v) is 8.74. The van der Waals surface area contributed by atoms with E-state index in [0.717, 1.165) is 11.5 Å². The van der Waals surface area contributed by atoms with Crippen molar-refractivity contribution >= 4 is 11.8 Å². The zero-order valence-electron chi connectivity index (χ0n) is 8.74. The number of imide groups is 1. The van der Waals surface area contributed by atoms with Crippen molar-refractivity contribution in [3.63, 3.8) is 0 Å². The molecule has 0 aromatic heterocycles. The van der Waals surface area contributed by atoms with Crippen LogP contribution in [0.3, 0.4) is 0 Å². The molecule has 0 radical (unpaired) electrons. The maximum atomic E-state index is 11.1. The van der Waals surface area contributed by atoms with Gasteiger partial charge in [0.2, 0.25) is 0 Å². The number of nitrogens with zero attached hydrogens (tertiary/aromatic N) is 1. The van der Waals surface area contributed by atoms with E-state index in [2.05, 4.69) is 0 Å². The summed E-state index contributed by atoms with van der Waals surface area (Å²) in [6, 6.07) is 0. The summed E-state index contributed by atoms with van der Waals surface area (Å²) in [4.78, 5) is 27.3. The molecule has 0 aromatic carbocycles. The Hall–Kier alpha value is -1.16.